The molecule has 208 valence electrons. The highest BCUT2D eigenvalue weighted by Gasteiger charge is 2.23. The summed E-state index contributed by atoms with van der Waals surface area (Å²) in [6.45, 7) is 13.7. The molecule has 0 radical (unpaired) electrons. The normalized spacial score (nSPS) is 12.3. The average molecular weight is 539 g/mol. The van der Waals surface area contributed by atoms with Crippen LogP contribution in [-0.2, 0) is 34.0 Å². The van der Waals surface area contributed by atoms with Gasteiger partial charge >= 0.3 is 17.9 Å². The van der Waals surface area contributed by atoms with Crippen molar-refractivity contribution < 1.29 is 43.2 Å². The SMILES string of the molecule is C=CC(=O)OCC(O)COc1ccc(C(C)(C)c2ccc(OCC(COC(=O)C=C)OC(=O)C=C)cc2)cc1. The molecular formula is C30H34O9. The van der Waals surface area contributed by atoms with E-state index in [4.69, 9.17) is 23.7 Å². The minimum atomic E-state index is -0.961. The highest BCUT2D eigenvalue weighted by Crippen LogP contribution is 2.33. The number of aliphatic hydroxyl groups is 1. The van der Waals surface area contributed by atoms with Gasteiger partial charge in [-0.2, -0.15) is 0 Å². The lowest BCUT2D eigenvalue weighted by atomic mass is 9.78. The van der Waals surface area contributed by atoms with Gasteiger partial charge in [0.2, 0.25) is 0 Å². The molecule has 0 bridgehead atoms. The van der Waals surface area contributed by atoms with Gasteiger partial charge in [-0.15, -0.1) is 0 Å². The molecule has 0 aliphatic rings. The lowest BCUT2D eigenvalue weighted by Gasteiger charge is -2.26. The molecule has 9 heteroatoms. The van der Waals surface area contributed by atoms with Crippen molar-refractivity contribution in [1.29, 1.82) is 0 Å². The number of ether oxygens (including phenoxy) is 5. The predicted octanol–water partition coefficient (Wildman–Crippen LogP) is 3.69. The van der Waals surface area contributed by atoms with E-state index in [9.17, 15) is 19.5 Å². The Labute approximate surface area is 228 Å². The standard InChI is InChI=1S/C30H34O9/c1-6-27(32)37-18-23(31)17-35-24-13-9-21(10-14-24)30(4,5)22-11-15-25(16-12-22)36-19-26(39-29(34)8-3)20-38-28(33)7-2/h6-16,23,26,31H,1-3,17-20H2,4-5H3. The van der Waals surface area contributed by atoms with Crippen LogP contribution < -0.4 is 9.47 Å². The zero-order valence-electron chi connectivity index (χ0n) is 22.2. The molecule has 0 amide bonds. The largest absolute Gasteiger partial charge is 0.491 e. The van der Waals surface area contributed by atoms with Crippen LogP contribution in [-0.4, -0.2) is 61.6 Å². The lowest BCUT2D eigenvalue weighted by Crippen LogP contribution is -2.30. The number of carbonyl (C=O) groups excluding carboxylic acids is 3. The summed E-state index contributed by atoms with van der Waals surface area (Å²) in [6, 6.07) is 15.0. The predicted molar refractivity (Wildman–Crippen MR) is 144 cm³/mol. The number of aliphatic hydroxyl groups excluding tert-OH is 1. The lowest BCUT2D eigenvalue weighted by molar-refractivity contribution is -0.154. The van der Waals surface area contributed by atoms with Gasteiger partial charge in [0.15, 0.2) is 6.10 Å². The zero-order valence-corrected chi connectivity index (χ0v) is 22.2. The Bertz CT molecular complexity index is 1130. The van der Waals surface area contributed by atoms with E-state index in [-0.39, 0.29) is 31.8 Å². The Kier molecular flexibility index (Phi) is 12.0. The number of hydrogen-bond donors (Lipinski definition) is 1. The summed E-state index contributed by atoms with van der Waals surface area (Å²) in [5, 5.41) is 9.89. The van der Waals surface area contributed by atoms with Gasteiger partial charge in [-0.05, 0) is 35.4 Å². The number of esters is 3. The van der Waals surface area contributed by atoms with Crippen LogP contribution in [0.2, 0.25) is 0 Å². The number of carbonyl (C=O) groups is 3. The van der Waals surface area contributed by atoms with Gasteiger partial charge in [-0.1, -0.05) is 57.8 Å². The molecule has 0 spiro atoms. The fourth-order valence-corrected chi connectivity index (χ4v) is 3.33. The van der Waals surface area contributed by atoms with Crippen LogP contribution in [0.5, 0.6) is 11.5 Å². The number of benzene rings is 2. The van der Waals surface area contributed by atoms with Crippen molar-refractivity contribution in [3.05, 3.63) is 97.6 Å². The van der Waals surface area contributed by atoms with Crippen LogP contribution in [0.3, 0.4) is 0 Å². The van der Waals surface area contributed by atoms with Crippen molar-refractivity contribution in [3.63, 3.8) is 0 Å². The summed E-state index contributed by atoms with van der Waals surface area (Å²) >= 11 is 0. The van der Waals surface area contributed by atoms with Crippen LogP contribution in [0, 0.1) is 0 Å². The number of rotatable bonds is 16. The molecule has 2 atom stereocenters. The van der Waals surface area contributed by atoms with Crippen molar-refractivity contribution in [3.8, 4) is 11.5 Å². The number of hydrogen-bond acceptors (Lipinski definition) is 9. The molecule has 0 aliphatic carbocycles. The summed E-state index contributed by atoms with van der Waals surface area (Å²) in [5.41, 5.74) is 1.71. The molecular weight excluding hydrogens is 504 g/mol. The van der Waals surface area contributed by atoms with Crippen molar-refractivity contribution in [1.82, 2.24) is 0 Å². The van der Waals surface area contributed by atoms with Crippen molar-refractivity contribution in [2.45, 2.75) is 31.5 Å². The maximum atomic E-state index is 11.6. The van der Waals surface area contributed by atoms with Gasteiger partial charge in [0.25, 0.3) is 0 Å². The van der Waals surface area contributed by atoms with E-state index in [1.807, 2.05) is 24.3 Å². The fourth-order valence-electron chi connectivity index (χ4n) is 3.33. The molecule has 0 saturated carbocycles. The first-order valence-corrected chi connectivity index (χ1v) is 12.1. The summed E-state index contributed by atoms with van der Waals surface area (Å²) in [6.07, 6.45) is 1.29. The molecule has 1 N–H and O–H groups in total. The van der Waals surface area contributed by atoms with E-state index < -0.39 is 30.1 Å². The van der Waals surface area contributed by atoms with Crippen LogP contribution in [0.4, 0.5) is 0 Å². The van der Waals surface area contributed by atoms with E-state index >= 15 is 0 Å². The quantitative estimate of drug-likeness (QED) is 0.194. The molecule has 2 rings (SSSR count). The molecule has 39 heavy (non-hydrogen) atoms. The van der Waals surface area contributed by atoms with E-state index in [2.05, 4.69) is 33.6 Å². The van der Waals surface area contributed by atoms with Gasteiger partial charge in [0.05, 0.1) is 0 Å². The van der Waals surface area contributed by atoms with Gasteiger partial charge in [0.1, 0.15) is 44.0 Å². The molecule has 0 aromatic heterocycles. The maximum Gasteiger partial charge on any atom is 0.330 e. The first-order valence-electron chi connectivity index (χ1n) is 12.1. The summed E-state index contributed by atoms with van der Waals surface area (Å²) < 4.78 is 26.3. The first-order chi connectivity index (χ1) is 18.6. The smallest absolute Gasteiger partial charge is 0.330 e. The third-order valence-corrected chi connectivity index (χ3v) is 5.64. The molecule has 0 saturated heterocycles. The minimum Gasteiger partial charge on any atom is -0.491 e. The summed E-state index contributed by atoms with van der Waals surface area (Å²) in [5.74, 6) is -0.782. The summed E-state index contributed by atoms with van der Waals surface area (Å²) in [7, 11) is 0. The van der Waals surface area contributed by atoms with Crippen LogP contribution >= 0.6 is 0 Å². The minimum absolute atomic E-state index is 0.0282. The van der Waals surface area contributed by atoms with E-state index in [0.717, 1.165) is 29.4 Å². The Morgan fingerprint density at radius 1 is 0.718 bits per heavy atom. The molecule has 2 aromatic carbocycles. The Balaban J connectivity index is 1.96. The van der Waals surface area contributed by atoms with Crippen LogP contribution in [0.1, 0.15) is 25.0 Å². The topological polar surface area (TPSA) is 118 Å². The molecule has 0 fully saturated rings. The Morgan fingerprint density at radius 3 is 1.62 bits per heavy atom. The van der Waals surface area contributed by atoms with Gasteiger partial charge in [0, 0.05) is 23.6 Å². The molecule has 2 aromatic rings. The molecule has 0 aliphatic heterocycles. The van der Waals surface area contributed by atoms with Crippen molar-refractivity contribution >= 4 is 17.9 Å². The second kappa shape index (κ2) is 15.1. The second-order valence-electron chi connectivity index (χ2n) is 8.88. The van der Waals surface area contributed by atoms with E-state index in [1.54, 1.807) is 24.3 Å². The van der Waals surface area contributed by atoms with Crippen molar-refractivity contribution in [2.75, 3.05) is 26.4 Å². The molecule has 9 nitrogen and oxygen atoms in total. The van der Waals surface area contributed by atoms with Gasteiger partial charge < -0.3 is 28.8 Å². The molecule has 0 heterocycles. The van der Waals surface area contributed by atoms with E-state index in [0.29, 0.717) is 11.5 Å². The second-order valence-corrected chi connectivity index (χ2v) is 8.88. The molecule has 2 unspecified atom stereocenters. The Hall–Kier alpha value is -4.37. The third-order valence-electron chi connectivity index (χ3n) is 5.64. The average Bonchev–Trinajstić information content (AvgIpc) is 2.96. The van der Waals surface area contributed by atoms with Crippen LogP contribution in [0.25, 0.3) is 0 Å². The highest BCUT2D eigenvalue weighted by atomic mass is 16.6. The van der Waals surface area contributed by atoms with Gasteiger partial charge in [-0.3, -0.25) is 0 Å². The Morgan fingerprint density at radius 2 is 1.15 bits per heavy atom. The van der Waals surface area contributed by atoms with Gasteiger partial charge in [-0.25, -0.2) is 14.4 Å². The summed E-state index contributed by atoms with van der Waals surface area (Å²) in [4.78, 5) is 34.0. The van der Waals surface area contributed by atoms with Crippen LogP contribution in [0.15, 0.2) is 86.5 Å². The fraction of sp³-hybridized carbons (Fsp3) is 0.300. The van der Waals surface area contributed by atoms with Crippen molar-refractivity contribution in [2.24, 2.45) is 0 Å². The first kappa shape index (κ1) is 30.9. The zero-order chi connectivity index (χ0) is 28.8. The maximum absolute atomic E-state index is 11.6. The third kappa shape index (κ3) is 10.1. The monoisotopic (exact) mass is 538 g/mol. The highest BCUT2D eigenvalue weighted by molar-refractivity contribution is 5.82. The van der Waals surface area contributed by atoms with E-state index in [1.165, 1.54) is 0 Å².